The Bertz CT molecular complexity index is 761. The number of fused-ring (bicyclic) bond motifs is 1. The molecule has 4 nitrogen and oxygen atoms in total. The van der Waals surface area contributed by atoms with Gasteiger partial charge in [0.15, 0.2) is 0 Å². The third kappa shape index (κ3) is 3.20. The molecule has 0 aromatic heterocycles. The second-order valence-corrected chi connectivity index (χ2v) is 5.72. The molecular formula is C17H15F3N2O2. The molecule has 0 aliphatic carbocycles. The molecular weight excluding hydrogens is 321 g/mol. The zero-order valence-corrected chi connectivity index (χ0v) is 12.7. The highest BCUT2D eigenvalue weighted by Crippen LogP contribution is 2.37. The van der Waals surface area contributed by atoms with E-state index in [0.717, 1.165) is 23.3 Å². The maximum Gasteiger partial charge on any atom is 0.416 e. The number of hydrogen-bond acceptors (Lipinski definition) is 3. The molecule has 0 radical (unpaired) electrons. The highest BCUT2D eigenvalue weighted by atomic mass is 19.4. The lowest BCUT2D eigenvalue weighted by Gasteiger charge is -2.37. The van der Waals surface area contributed by atoms with Crippen LogP contribution in [0.5, 0.6) is 0 Å². The number of nitro groups is 1. The first kappa shape index (κ1) is 16.3. The van der Waals surface area contributed by atoms with Gasteiger partial charge in [-0.1, -0.05) is 30.3 Å². The van der Waals surface area contributed by atoms with Gasteiger partial charge in [0.25, 0.3) is 0 Å². The van der Waals surface area contributed by atoms with Gasteiger partial charge in [-0.3, -0.25) is 10.1 Å². The highest BCUT2D eigenvalue weighted by Gasteiger charge is 2.34. The Kier molecular flexibility index (Phi) is 4.17. The summed E-state index contributed by atoms with van der Waals surface area (Å²) in [6.07, 6.45) is -3.80. The summed E-state index contributed by atoms with van der Waals surface area (Å²) in [5.41, 5.74) is 1.41. The van der Waals surface area contributed by atoms with Crippen molar-refractivity contribution >= 4 is 5.69 Å². The molecule has 1 atom stereocenters. The zero-order valence-electron chi connectivity index (χ0n) is 12.7. The van der Waals surface area contributed by atoms with Crippen molar-refractivity contribution < 1.29 is 18.1 Å². The van der Waals surface area contributed by atoms with Gasteiger partial charge in [-0.2, -0.15) is 13.2 Å². The Morgan fingerprint density at radius 3 is 2.62 bits per heavy atom. The van der Waals surface area contributed by atoms with Gasteiger partial charge < -0.3 is 4.90 Å². The van der Waals surface area contributed by atoms with E-state index in [-0.39, 0.29) is 6.54 Å². The van der Waals surface area contributed by atoms with Gasteiger partial charge >= 0.3 is 6.18 Å². The lowest BCUT2D eigenvalue weighted by molar-refractivity contribution is -0.483. The van der Waals surface area contributed by atoms with Gasteiger partial charge in [-0.25, -0.2) is 0 Å². The van der Waals surface area contributed by atoms with E-state index in [9.17, 15) is 23.3 Å². The van der Waals surface area contributed by atoms with Crippen LogP contribution in [0.25, 0.3) is 0 Å². The first-order chi connectivity index (χ1) is 11.4. The fourth-order valence-corrected chi connectivity index (χ4v) is 3.16. The molecule has 24 heavy (non-hydrogen) atoms. The van der Waals surface area contributed by atoms with Crippen LogP contribution in [0.2, 0.25) is 0 Å². The molecule has 0 N–H and O–H groups in total. The Morgan fingerprint density at radius 1 is 1.17 bits per heavy atom. The van der Waals surface area contributed by atoms with Crippen molar-refractivity contribution in [1.82, 2.24) is 0 Å². The number of nitrogens with zero attached hydrogens (tertiary/aromatic N) is 2. The van der Waals surface area contributed by atoms with Crippen LogP contribution in [0.4, 0.5) is 18.9 Å². The van der Waals surface area contributed by atoms with Crippen LogP contribution in [0.15, 0.2) is 48.5 Å². The van der Waals surface area contributed by atoms with Crippen molar-refractivity contribution in [3.63, 3.8) is 0 Å². The summed E-state index contributed by atoms with van der Waals surface area (Å²) in [6.45, 7) is 0.0874. The van der Waals surface area contributed by atoms with Crippen molar-refractivity contribution in [2.24, 2.45) is 0 Å². The number of halogens is 3. The minimum atomic E-state index is -4.44. The van der Waals surface area contributed by atoms with Crippen LogP contribution >= 0.6 is 0 Å². The molecule has 1 unspecified atom stereocenters. The van der Waals surface area contributed by atoms with E-state index in [1.54, 1.807) is 17.0 Å². The summed E-state index contributed by atoms with van der Waals surface area (Å²) in [5, 5.41) is 11.1. The van der Waals surface area contributed by atoms with Crippen molar-refractivity contribution in [3.05, 3.63) is 75.3 Å². The number of rotatable bonds is 3. The third-order valence-electron chi connectivity index (χ3n) is 4.24. The molecule has 0 fully saturated rings. The van der Waals surface area contributed by atoms with Gasteiger partial charge in [-0.15, -0.1) is 0 Å². The molecule has 0 bridgehead atoms. The first-order valence-electron chi connectivity index (χ1n) is 7.50. The van der Waals surface area contributed by atoms with Gasteiger partial charge in [0, 0.05) is 17.2 Å². The monoisotopic (exact) mass is 336 g/mol. The van der Waals surface area contributed by atoms with E-state index in [4.69, 9.17) is 0 Å². The smallest absolute Gasteiger partial charge is 0.358 e. The maximum atomic E-state index is 13.0. The first-order valence-corrected chi connectivity index (χ1v) is 7.50. The van der Waals surface area contributed by atoms with Crippen LogP contribution in [-0.2, 0) is 12.6 Å². The molecule has 1 aliphatic rings. The topological polar surface area (TPSA) is 46.4 Å². The summed E-state index contributed by atoms with van der Waals surface area (Å²) >= 11 is 0. The van der Waals surface area contributed by atoms with Crippen molar-refractivity contribution in [1.29, 1.82) is 0 Å². The van der Waals surface area contributed by atoms with Crippen molar-refractivity contribution in [2.45, 2.75) is 18.6 Å². The highest BCUT2D eigenvalue weighted by molar-refractivity contribution is 5.54. The summed E-state index contributed by atoms with van der Waals surface area (Å²) in [4.78, 5) is 12.4. The molecule has 2 aromatic rings. The SMILES string of the molecule is O=[N+]([O-])CC1c2ccccc2CCN1c1cccc(C(F)(F)F)c1. The van der Waals surface area contributed by atoms with Crippen LogP contribution in [0.3, 0.4) is 0 Å². The fourth-order valence-electron chi connectivity index (χ4n) is 3.16. The molecule has 3 rings (SSSR count). The molecule has 7 heteroatoms. The molecule has 2 aromatic carbocycles. The molecule has 126 valence electrons. The average Bonchev–Trinajstić information content (AvgIpc) is 2.54. The minimum absolute atomic E-state index is 0.353. The zero-order chi connectivity index (χ0) is 17.3. The summed E-state index contributed by atoms with van der Waals surface area (Å²) in [7, 11) is 0. The number of alkyl halides is 3. The molecule has 0 amide bonds. The number of hydrogen-bond donors (Lipinski definition) is 0. The predicted molar refractivity (Wildman–Crippen MR) is 83.5 cm³/mol. The van der Waals surface area contributed by atoms with Gasteiger partial charge in [0.05, 0.1) is 5.56 Å². The molecule has 0 saturated heterocycles. The van der Waals surface area contributed by atoms with E-state index in [1.807, 2.05) is 18.2 Å². The standard InChI is InChI=1S/C17H15F3N2O2/c18-17(19,20)13-5-3-6-14(10-13)21-9-8-12-4-1-2-7-15(12)16(21)11-22(23)24/h1-7,10,16H,8-9,11H2. The van der Waals surface area contributed by atoms with Crippen molar-refractivity contribution in [2.75, 3.05) is 18.0 Å². The molecule has 1 aliphatic heterocycles. The quantitative estimate of drug-likeness (QED) is 0.626. The van der Waals surface area contributed by atoms with Gasteiger partial charge in [0.2, 0.25) is 6.54 Å². The van der Waals surface area contributed by atoms with E-state index >= 15 is 0 Å². The van der Waals surface area contributed by atoms with Gasteiger partial charge in [-0.05, 0) is 35.7 Å². The Balaban J connectivity index is 2.02. The van der Waals surface area contributed by atoms with Crippen LogP contribution in [0, 0.1) is 10.1 Å². The van der Waals surface area contributed by atoms with Crippen molar-refractivity contribution in [3.8, 4) is 0 Å². The predicted octanol–water partition coefficient (Wildman–Crippen LogP) is 4.09. The fraction of sp³-hybridized carbons (Fsp3) is 0.294. The second-order valence-electron chi connectivity index (χ2n) is 5.72. The maximum absolute atomic E-state index is 13.0. The largest absolute Gasteiger partial charge is 0.416 e. The molecule has 0 saturated carbocycles. The van der Waals surface area contributed by atoms with Gasteiger partial charge in [0.1, 0.15) is 6.04 Å². The average molecular weight is 336 g/mol. The summed E-state index contributed by atoms with van der Waals surface area (Å²) < 4.78 is 38.9. The third-order valence-corrected chi connectivity index (χ3v) is 4.24. The minimum Gasteiger partial charge on any atom is -0.358 e. The van der Waals surface area contributed by atoms with E-state index < -0.39 is 22.7 Å². The van der Waals surface area contributed by atoms with E-state index in [2.05, 4.69) is 0 Å². The summed E-state index contributed by atoms with van der Waals surface area (Å²) in [5.74, 6) is 0. The van der Waals surface area contributed by atoms with Crippen LogP contribution in [0.1, 0.15) is 22.7 Å². The number of benzene rings is 2. The second kappa shape index (κ2) is 6.14. The lowest BCUT2D eigenvalue weighted by atomic mass is 9.92. The van der Waals surface area contributed by atoms with Crippen LogP contribution < -0.4 is 4.90 Å². The Morgan fingerprint density at radius 2 is 1.92 bits per heavy atom. The molecule has 1 heterocycles. The van der Waals surface area contributed by atoms with E-state index in [0.29, 0.717) is 18.7 Å². The Labute approximate surface area is 136 Å². The normalized spacial score (nSPS) is 17.5. The summed E-state index contributed by atoms with van der Waals surface area (Å²) in [6, 6.07) is 11.8. The number of anilines is 1. The lowest BCUT2D eigenvalue weighted by Crippen LogP contribution is -2.39. The van der Waals surface area contributed by atoms with Crippen LogP contribution in [-0.4, -0.2) is 18.0 Å². The van der Waals surface area contributed by atoms with E-state index in [1.165, 1.54) is 6.07 Å². The Hall–Kier alpha value is -2.57. The molecule has 0 spiro atoms.